The molecule has 0 saturated carbocycles. The van der Waals surface area contributed by atoms with E-state index in [4.69, 9.17) is 4.74 Å². The van der Waals surface area contributed by atoms with Gasteiger partial charge in [0.15, 0.2) is 0 Å². The van der Waals surface area contributed by atoms with Crippen LogP contribution in [0.25, 0.3) is 0 Å². The fourth-order valence-electron chi connectivity index (χ4n) is 2.67. The summed E-state index contributed by atoms with van der Waals surface area (Å²) in [5, 5.41) is 0. The summed E-state index contributed by atoms with van der Waals surface area (Å²) in [5.74, 6) is 0. The minimum absolute atomic E-state index is 0.0683. The number of methoxy groups -OCH3 is 1. The van der Waals surface area contributed by atoms with Gasteiger partial charge in [0.25, 0.3) is 0 Å². The third kappa shape index (κ3) is 4.11. The third-order valence-corrected chi connectivity index (χ3v) is 6.56. The standard InChI is InChI=1S/C21H20OSe/c1-22-20(17-11-5-2-6-12-17)21(18-13-7-3-8-14-18)23-19-15-9-4-10-16-19/h2-16,20-21H,1H3. The summed E-state index contributed by atoms with van der Waals surface area (Å²) in [6, 6.07) is 32.0. The van der Waals surface area contributed by atoms with Crippen molar-refractivity contribution in [2.45, 2.75) is 10.9 Å². The second-order valence-corrected chi connectivity index (χ2v) is 7.88. The molecule has 0 radical (unpaired) electrons. The van der Waals surface area contributed by atoms with Crippen LogP contribution in [0.1, 0.15) is 22.0 Å². The predicted octanol–water partition coefficient (Wildman–Crippen LogP) is 4.15. The summed E-state index contributed by atoms with van der Waals surface area (Å²) < 4.78 is 7.34. The van der Waals surface area contributed by atoms with Gasteiger partial charge in [-0.25, -0.2) is 0 Å². The molecule has 0 saturated heterocycles. The van der Waals surface area contributed by atoms with Crippen molar-refractivity contribution >= 4 is 19.4 Å². The average molecular weight is 367 g/mol. The molecule has 3 aromatic rings. The van der Waals surface area contributed by atoms with Crippen LogP contribution in [0.15, 0.2) is 91.0 Å². The molecule has 2 atom stereocenters. The van der Waals surface area contributed by atoms with Gasteiger partial charge in [0.2, 0.25) is 0 Å². The molecular weight excluding hydrogens is 347 g/mol. The monoisotopic (exact) mass is 368 g/mol. The second kappa shape index (κ2) is 8.12. The van der Waals surface area contributed by atoms with Crippen molar-refractivity contribution in [2.75, 3.05) is 7.11 Å². The van der Waals surface area contributed by atoms with E-state index in [1.54, 1.807) is 0 Å². The van der Waals surface area contributed by atoms with Gasteiger partial charge in [-0.3, -0.25) is 0 Å². The van der Waals surface area contributed by atoms with Crippen LogP contribution in [0.5, 0.6) is 0 Å². The molecular formula is C21H20OSe. The summed E-state index contributed by atoms with van der Waals surface area (Å²) in [7, 11) is 1.81. The van der Waals surface area contributed by atoms with E-state index in [9.17, 15) is 0 Å². The molecule has 0 amide bonds. The molecule has 1 nitrogen and oxygen atoms in total. The van der Waals surface area contributed by atoms with Crippen LogP contribution in [0.3, 0.4) is 0 Å². The Morgan fingerprint density at radius 1 is 0.652 bits per heavy atom. The Morgan fingerprint density at radius 3 is 1.65 bits per heavy atom. The molecule has 0 aromatic heterocycles. The zero-order chi connectivity index (χ0) is 15.9. The van der Waals surface area contributed by atoms with Crippen LogP contribution in [0.4, 0.5) is 0 Å². The first-order valence-electron chi connectivity index (χ1n) is 7.73. The number of ether oxygens (including phenoxy) is 1. The van der Waals surface area contributed by atoms with E-state index < -0.39 is 0 Å². The summed E-state index contributed by atoms with van der Waals surface area (Å²) in [4.78, 5) is 0.346. The van der Waals surface area contributed by atoms with E-state index in [1.165, 1.54) is 15.6 Å². The van der Waals surface area contributed by atoms with Gasteiger partial charge in [-0.15, -0.1) is 0 Å². The molecule has 0 spiro atoms. The molecule has 3 rings (SSSR count). The average Bonchev–Trinajstić information content (AvgIpc) is 2.64. The van der Waals surface area contributed by atoms with Gasteiger partial charge < -0.3 is 0 Å². The molecule has 0 heterocycles. The number of rotatable bonds is 6. The molecule has 116 valence electrons. The summed E-state index contributed by atoms with van der Waals surface area (Å²) in [5.41, 5.74) is 2.58. The Balaban J connectivity index is 1.97. The van der Waals surface area contributed by atoms with Gasteiger partial charge in [0.1, 0.15) is 0 Å². The topological polar surface area (TPSA) is 9.23 Å². The van der Waals surface area contributed by atoms with Crippen molar-refractivity contribution in [3.05, 3.63) is 102 Å². The first kappa shape index (κ1) is 16.0. The zero-order valence-electron chi connectivity index (χ0n) is 13.1. The predicted molar refractivity (Wildman–Crippen MR) is 97.2 cm³/mol. The summed E-state index contributed by atoms with van der Waals surface area (Å²) in [6.07, 6.45) is 0.0683. The summed E-state index contributed by atoms with van der Waals surface area (Å²) in [6.45, 7) is 0. The Morgan fingerprint density at radius 2 is 1.13 bits per heavy atom. The Bertz CT molecular complexity index is 698. The minimum atomic E-state index is 0.0683. The first-order chi connectivity index (χ1) is 11.4. The van der Waals surface area contributed by atoms with Gasteiger partial charge in [0, 0.05) is 0 Å². The Hall–Kier alpha value is -1.86. The van der Waals surface area contributed by atoms with Crippen LogP contribution >= 0.6 is 0 Å². The second-order valence-electron chi connectivity index (χ2n) is 5.33. The maximum absolute atomic E-state index is 5.94. The molecule has 0 aliphatic carbocycles. The first-order valence-corrected chi connectivity index (χ1v) is 9.57. The van der Waals surface area contributed by atoms with Crippen LogP contribution in [-0.4, -0.2) is 22.1 Å². The quantitative estimate of drug-likeness (QED) is 0.595. The van der Waals surface area contributed by atoms with Crippen molar-refractivity contribution in [3.8, 4) is 0 Å². The van der Waals surface area contributed by atoms with Crippen LogP contribution in [0.2, 0.25) is 0 Å². The van der Waals surface area contributed by atoms with E-state index in [0.717, 1.165) is 0 Å². The van der Waals surface area contributed by atoms with E-state index in [-0.39, 0.29) is 6.10 Å². The molecule has 0 aliphatic rings. The van der Waals surface area contributed by atoms with Crippen molar-refractivity contribution in [2.24, 2.45) is 0 Å². The van der Waals surface area contributed by atoms with Crippen molar-refractivity contribution in [3.63, 3.8) is 0 Å². The molecule has 0 bridgehead atoms. The molecule has 0 N–H and O–H groups in total. The van der Waals surface area contributed by atoms with Crippen molar-refractivity contribution in [1.82, 2.24) is 0 Å². The van der Waals surface area contributed by atoms with Gasteiger partial charge in [0.05, 0.1) is 0 Å². The molecule has 2 unspecified atom stereocenters. The van der Waals surface area contributed by atoms with E-state index in [1.807, 2.05) is 7.11 Å². The van der Waals surface area contributed by atoms with Crippen molar-refractivity contribution < 1.29 is 4.74 Å². The normalized spacial score (nSPS) is 13.4. The molecule has 0 aliphatic heterocycles. The third-order valence-electron chi connectivity index (χ3n) is 3.79. The van der Waals surface area contributed by atoms with Crippen molar-refractivity contribution in [1.29, 1.82) is 0 Å². The molecule has 0 fully saturated rings. The Kier molecular flexibility index (Phi) is 5.65. The van der Waals surface area contributed by atoms with Crippen LogP contribution < -0.4 is 4.46 Å². The van der Waals surface area contributed by atoms with Gasteiger partial charge in [-0.1, -0.05) is 0 Å². The molecule has 3 aromatic carbocycles. The summed E-state index contributed by atoms with van der Waals surface area (Å²) >= 11 is 0.291. The van der Waals surface area contributed by atoms with E-state index >= 15 is 0 Å². The Labute approximate surface area is 144 Å². The van der Waals surface area contributed by atoms with Gasteiger partial charge in [-0.2, -0.15) is 0 Å². The van der Waals surface area contributed by atoms with E-state index in [0.29, 0.717) is 19.8 Å². The fraction of sp³-hybridized carbons (Fsp3) is 0.143. The van der Waals surface area contributed by atoms with Gasteiger partial charge in [-0.05, 0) is 0 Å². The SMILES string of the molecule is COC(c1ccccc1)C([Se]c1ccccc1)c1ccccc1. The van der Waals surface area contributed by atoms with Crippen LogP contribution in [0, 0.1) is 0 Å². The number of benzene rings is 3. The number of hydrogen-bond acceptors (Lipinski definition) is 1. The number of hydrogen-bond donors (Lipinski definition) is 0. The fourth-order valence-corrected chi connectivity index (χ4v) is 5.38. The van der Waals surface area contributed by atoms with E-state index in [2.05, 4.69) is 91.0 Å². The zero-order valence-corrected chi connectivity index (χ0v) is 14.8. The van der Waals surface area contributed by atoms with Gasteiger partial charge >= 0.3 is 144 Å². The maximum atomic E-state index is 5.94. The molecule has 23 heavy (non-hydrogen) atoms. The molecule has 2 heteroatoms. The van der Waals surface area contributed by atoms with Crippen LogP contribution in [-0.2, 0) is 4.74 Å².